The minimum absolute atomic E-state index is 0.145. The van der Waals surface area contributed by atoms with E-state index in [-0.39, 0.29) is 5.91 Å². The van der Waals surface area contributed by atoms with E-state index in [0.717, 1.165) is 17.8 Å². The maximum atomic E-state index is 12.8. The second-order valence-electron chi connectivity index (χ2n) is 7.23. The second-order valence-corrected chi connectivity index (χ2v) is 7.23. The van der Waals surface area contributed by atoms with Gasteiger partial charge in [0, 0.05) is 18.3 Å². The number of nitrogens with one attached hydrogen (secondary N) is 1. The largest absolute Gasteiger partial charge is 0.361 e. The van der Waals surface area contributed by atoms with Crippen molar-refractivity contribution in [1.82, 2.24) is 10.1 Å². The molecule has 0 bridgehead atoms. The molecule has 5 nitrogen and oxygen atoms in total. The molecule has 1 saturated carbocycles. The monoisotopic (exact) mass is 355 g/mol. The summed E-state index contributed by atoms with van der Waals surface area (Å²) in [4.78, 5) is 15.2. The van der Waals surface area contributed by atoms with Crippen molar-refractivity contribution in [2.75, 3.05) is 12.4 Å². The zero-order valence-corrected chi connectivity index (χ0v) is 16.0. The summed E-state index contributed by atoms with van der Waals surface area (Å²) in [5, 5.41) is 7.06. The highest BCUT2D eigenvalue weighted by molar-refractivity contribution is 6.06. The first-order chi connectivity index (χ1) is 12.6. The molecule has 0 atom stereocenters. The number of carbonyl (C=O) groups excluding carboxylic acids is 1. The van der Waals surface area contributed by atoms with Crippen LogP contribution in [0, 0.1) is 6.92 Å². The Hall–Kier alpha value is -2.14. The highest BCUT2D eigenvalue weighted by atomic mass is 16.5. The Labute approximate surface area is 155 Å². The van der Waals surface area contributed by atoms with Gasteiger partial charge in [-0.2, -0.15) is 0 Å². The van der Waals surface area contributed by atoms with Crippen LogP contribution in [0.2, 0.25) is 0 Å². The molecule has 0 saturated heterocycles. The van der Waals surface area contributed by atoms with Crippen LogP contribution in [-0.4, -0.2) is 29.1 Å². The maximum Gasteiger partial charge on any atom is 0.261 e. The van der Waals surface area contributed by atoms with Gasteiger partial charge in [-0.25, -0.2) is 0 Å². The molecular formula is C21H29N3O2. The summed E-state index contributed by atoms with van der Waals surface area (Å²) in [6.07, 6.45) is 7.20. The van der Waals surface area contributed by atoms with Crippen LogP contribution in [0.3, 0.4) is 0 Å². The summed E-state index contributed by atoms with van der Waals surface area (Å²) in [6, 6.07) is 8.69. The van der Waals surface area contributed by atoms with Gasteiger partial charge in [0.05, 0.1) is 5.69 Å². The third-order valence-electron chi connectivity index (χ3n) is 5.38. The van der Waals surface area contributed by atoms with E-state index in [9.17, 15) is 4.79 Å². The lowest BCUT2D eigenvalue weighted by Crippen LogP contribution is -2.33. The molecular weight excluding hydrogens is 326 g/mol. The molecule has 5 heteroatoms. The van der Waals surface area contributed by atoms with E-state index in [2.05, 4.69) is 28.5 Å². The minimum Gasteiger partial charge on any atom is -0.361 e. The third kappa shape index (κ3) is 4.15. The van der Waals surface area contributed by atoms with Crippen LogP contribution in [0.15, 0.2) is 28.8 Å². The highest BCUT2D eigenvalue weighted by Crippen LogP contribution is 2.25. The van der Waals surface area contributed by atoms with E-state index in [1.807, 2.05) is 25.1 Å². The van der Waals surface area contributed by atoms with Gasteiger partial charge in [0.1, 0.15) is 11.3 Å². The van der Waals surface area contributed by atoms with E-state index in [1.165, 1.54) is 32.1 Å². The fourth-order valence-electron chi connectivity index (χ4n) is 3.83. The first-order valence-corrected chi connectivity index (χ1v) is 9.64. The molecule has 0 unspecified atom stereocenters. The van der Waals surface area contributed by atoms with Crippen LogP contribution in [0.4, 0.5) is 5.69 Å². The number of anilines is 1. The molecule has 1 aromatic heterocycles. The number of hydrogen-bond donors (Lipinski definition) is 1. The standard InChI is InChI=1S/C21H29N3O2/c1-4-18-20(15(2)26-23-18)21(25)22-19-13-9-8-10-16(19)14-24(3)17-11-6-5-7-12-17/h8-10,13,17H,4-7,11-12,14H2,1-3H3,(H,22,25). The number of hydrogen-bond acceptors (Lipinski definition) is 4. The van der Waals surface area contributed by atoms with E-state index in [1.54, 1.807) is 6.92 Å². The van der Waals surface area contributed by atoms with Crippen LogP contribution in [0.25, 0.3) is 0 Å². The van der Waals surface area contributed by atoms with E-state index >= 15 is 0 Å². The summed E-state index contributed by atoms with van der Waals surface area (Å²) >= 11 is 0. The fourth-order valence-corrected chi connectivity index (χ4v) is 3.83. The predicted octanol–water partition coefficient (Wildman–Crippen LogP) is 4.56. The zero-order valence-electron chi connectivity index (χ0n) is 16.0. The molecule has 1 aliphatic rings. The summed E-state index contributed by atoms with van der Waals surface area (Å²) in [7, 11) is 2.19. The predicted molar refractivity (Wildman–Crippen MR) is 103 cm³/mol. The quantitative estimate of drug-likeness (QED) is 0.825. The maximum absolute atomic E-state index is 12.8. The SMILES string of the molecule is CCc1noc(C)c1C(=O)Nc1ccccc1CN(C)C1CCCCC1. The van der Waals surface area contributed by atoms with Crippen molar-refractivity contribution >= 4 is 11.6 Å². The molecule has 26 heavy (non-hydrogen) atoms. The van der Waals surface area contributed by atoms with Crippen LogP contribution in [0.5, 0.6) is 0 Å². The summed E-state index contributed by atoms with van der Waals surface area (Å²) < 4.78 is 5.20. The average Bonchev–Trinajstić information content (AvgIpc) is 3.04. The third-order valence-corrected chi connectivity index (χ3v) is 5.38. The Kier molecular flexibility index (Phi) is 6.09. The van der Waals surface area contributed by atoms with Crippen molar-refractivity contribution in [1.29, 1.82) is 0 Å². The van der Waals surface area contributed by atoms with E-state index < -0.39 is 0 Å². The van der Waals surface area contributed by atoms with Gasteiger partial charge in [-0.1, -0.05) is 49.5 Å². The van der Waals surface area contributed by atoms with Gasteiger partial charge < -0.3 is 9.84 Å². The lowest BCUT2D eigenvalue weighted by Gasteiger charge is -2.31. The smallest absolute Gasteiger partial charge is 0.261 e. The molecule has 140 valence electrons. The molecule has 1 aliphatic carbocycles. The van der Waals surface area contributed by atoms with Crippen molar-refractivity contribution in [3.8, 4) is 0 Å². The molecule has 1 N–H and O–H groups in total. The number of para-hydroxylation sites is 1. The number of nitrogens with zero attached hydrogens (tertiary/aromatic N) is 2. The molecule has 1 aromatic carbocycles. The van der Waals surface area contributed by atoms with E-state index in [0.29, 0.717) is 29.5 Å². The van der Waals surface area contributed by atoms with E-state index in [4.69, 9.17) is 4.52 Å². The zero-order chi connectivity index (χ0) is 18.5. The van der Waals surface area contributed by atoms with Crippen molar-refractivity contribution in [2.45, 2.75) is 65.0 Å². The normalized spacial score (nSPS) is 15.4. The van der Waals surface area contributed by atoms with Crippen LogP contribution >= 0.6 is 0 Å². The summed E-state index contributed by atoms with van der Waals surface area (Å²) in [6.45, 7) is 4.59. The Bertz CT molecular complexity index is 747. The lowest BCUT2D eigenvalue weighted by molar-refractivity contribution is 0.102. The number of amides is 1. The average molecular weight is 355 g/mol. The van der Waals surface area contributed by atoms with Crippen molar-refractivity contribution < 1.29 is 9.32 Å². The molecule has 0 radical (unpaired) electrons. The van der Waals surface area contributed by atoms with Gasteiger partial charge in [-0.3, -0.25) is 9.69 Å². The van der Waals surface area contributed by atoms with Crippen LogP contribution < -0.4 is 5.32 Å². The van der Waals surface area contributed by atoms with Crippen molar-refractivity contribution in [2.24, 2.45) is 0 Å². The fraction of sp³-hybridized carbons (Fsp3) is 0.524. The van der Waals surface area contributed by atoms with Gasteiger partial charge >= 0.3 is 0 Å². The Morgan fingerprint density at radius 3 is 2.73 bits per heavy atom. The molecule has 0 aliphatic heterocycles. The van der Waals surface area contributed by atoms with Crippen molar-refractivity contribution in [3.05, 3.63) is 46.8 Å². The van der Waals surface area contributed by atoms with Gasteiger partial charge in [0.2, 0.25) is 0 Å². The number of carbonyl (C=O) groups is 1. The topological polar surface area (TPSA) is 58.4 Å². The van der Waals surface area contributed by atoms with Gasteiger partial charge in [0.25, 0.3) is 5.91 Å². The first kappa shape index (κ1) is 18.6. The Balaban J connectivity index is 1.74. The Morgan fingerprint density at radius 2 is 2.00 bits per heavy atom. The van der Waals surface area contributed by atoms with Crippen LogP contribution in [0.1, 0.15) is 66.4 Å². The van der Waals surface area contributed by atoms with Gasteiger partial charge in [-0.15, -0.1) is 0 Å². The molecule has 0 spiro atoms. The highest BCUT2D eigenvalue weighted by Gasteiger charge is 2.22. The number of aromatic nitrogens is 1. The molecule has 1 amide bonds. The minimum atomic E-state index is -0.145. The molecule has 2 aromatic rings. The summed E-state index contributed by atoms with van der Waals surface area (Å²) in [5.74, 6) is 0.421. The van der Waals surface area contributed by atoms with Gasteiger partial charge in [-0.05, 0) is 44.9 Å². The molecule has 3 rings (SSSR count). The summed E-state index contributed by atoms with van der Waals surface area (Å²) in [5.41, 5.74) is 3.27. The lowest BCUT2D eigenvalue weighted by atomic mass is 9.94. The molecule has 1 fully saturated rings. The number of aryl methyl sites for hydroxylation is 2. The second kappa shape index (κ2) is 8.49. The Morgan fingerprint density at radius 1 is 1.27 bits per heavy atom. The molecule has 1 heterocycles. The number of benzene rings is 1. The van der Waals surface area contributed by atoms with Crippen molar-refractivity contribution in [3.63, 3.8) is 0 Å². The number of rotatable bonds is 6. The first-order valence-electron chi connectivity index (χ1n) is 9.64. The van der Waals surface area contributed by atoms with Gasteiger partial charge in [0.15, 0.2) is 0 Å². The van der Waals surface area contributed by atoms with Crippen LogP contribution in [-0.2, 0) is 13.0 Å².